The number of thiocarbonyl (C=S) groups is 1. The van der Waals surface area contributed by atoms with Crippen molar-refractivity contribution in [2.24, 2.45) is 0 Å². The first-order chi connectivity index (χ1) is 13.4. The number of anilines is 2. The van der Waals surface area contributed by atoms with Crippen molar-refractivity contribution < 1.29 is 35.8 Å². The highest BCUT2D eigenvalue weighted by Gasteiger charge is 2.30. The second-order valence-corrected chi connectivity index (χ2v) is 6.43. The molecule has 0 radical (unpaired) electrons. The summed E-state index contributed by atoms with van der Waals surface area (Å²) in [6.45, 7) is -3.24. The van der Waals surface area contributed by atoms with Crippen LogP contribution in [0.3, 0.4) is 0 Å². The largest absolute Gasteiger partial charge is 0.484 e. The third-order valence-corrected chi connectivity index (χ3v) is 3.50. The zero-order chi connectivity index (χ0) is 21.7. The summed E-state index contributed by atoms with van der Waals surface area (Å²) in [7, 11) is 0. The highest BCUT2D eigenvalue weighted by Crippen LogP contribution is 2.29. The van der Waals surface area contributed by atoms with Gasteiger partial charge in [-0.1, -0.05) is 11.6 Å². The lowest BCUT2D eigenvalue weighted by Crippen LogP contribution is -2.21. The summed E-state index contributed by atoms with van der Waals surface area (Å²) in [5.41, 5.74) is 0.623. The average Bonchev–Trinajstić information content (AvgIpc) is 2.59. The quantitative estimate of drug-likeness (QED) is 0.408. The van der Waals surface area contributed by atoms with Gasteiger partial charge in [-0.2, -0.15) is 26.3 Å². The van der Waals surface area contributed by atoms with Crippen molar-refractivity contribution in [2.45, 2.75) is 12.4 Å². The third kappa shape index (κ3) is 9.09. The second-order valence-electron chi connectivity index (χ2n) is 5.59. The standard InChI is InChI=1S/C17H13ClF6N2O2S/c18-10-1-3-11(4-2-10)25-15(29)26-12-5-13(27-8-16(19,20)21)7-14(6-12)28-9-17(22,23)24/h1-7H,8-9H2,(H2,25,26,29). The monoisotopic (exact) mass is 458 g/mol. The van der Waals surface area contributed by atoms with Crippen molar-refractivity contribution in [3.05, 3.63) is 47.5 Å². The van der Waals surface area contributed by atoms with Crippen LogP contribution in [0.4, 0.5) is 37.7 Å². The first-order valence-electron chi connectivity index (χ1n) is 7.77. The normalized spacial score (nSPS) is 11.7. The molecule has 0 aliphatic heterocycles. The molecule has 0 saturated heterocycles. The highest BCUT2D eigenvalue weighted by molar-refractivity contribution is 7.80. The zero-order valence-electron chi connectivity index (χ0n) is 14.3. The Labute approximate surface area is 171 Å². The van der Waals surface area contributed by atoms with E-state index < -0.39 is 25.6 Å². The van der Waals surface area contributed by atoms with E-state index in [1.165, 1.54) is 0 Å². The molecule has 2 aromatic rings. The predicted molar refractivity (Wildman–Crippen MR) is 101 cm³/mol. The summed E-state index contributed by atoms with van der Waals surface area (Å²) >= 11 is 10.9. The smallest absolute Gasteiger partial charge is 0.422 e. The minimum absolute atomic E-state index is 0.0297. The molecule has 2 rings (SSSR count). The maximum Gasteiger partial charge on any atom is 0.422 e. The number of benzene rings is 2. The Hall–Kier alpha value is -2.40. The van der Waals surface area contributed by atoms with Gasteiger partial charge in [0.2, 0.25) is 0 Å². The minimum atomic E-state index is -4.62. The van der Waals surface area contributed by atoms with Crippen LogP contribution in [0.15, 0.2) is 42.5 Å². The van der Waals surface area contributed by atoms with Crippen LogP contribution in [0.25, 0.3) is 0 Å². The molecule has 0 aliphatic rings. The van der Waals surface area contributed by atoms with E-state index in [9.17, 15) is 26.3 Å². The number of halogens is 7. The van der Waals surface area contributed by atoms with Gasteiger partial charge in [0.25, 0.3) is 0 Å². The van der Waals surface area contributed by atoms with Crippen LogP contribution in [0, 0.1) is 0 Å². The van der Waals surface area contributed by atoms with Gasteiger partial charge in [-0.15, -0.1) is 0 Å². The van der Waals surface area contributed by atoms with Gasteiger partial charge >= 0.3 is 12.4 Å². The number of ether oxygens (including phenoxy) is 2. The van der Waals surface area contributed by atoms with E-state index in [-0.39, 0.29) is 22.3 Å². The maximum absolute atomic E-state index is 12.4. The Bertz CT molecular complexity index is 807. The molecule has 12 heteroatoms. The van der Waals surface area contributed by atoms with Gasteiger partial charge < -0.3 is 20.1 Å². The third-order valence-electron chi connectivity index (χ3n) is 3.04. The van der Waals surface area contributed by atoms with Crippen LogP contribution in [0.1, 0.15) is 0 Å². The van der Waals surface area contributed by atoms with Crippen LogP contribution < -0.4 is 20.1 Å². The minimum Gasteiger partial charge on any atom is -0.484 e. The van der Waals surface area contributed by atoms with Gasteiger partial charge in [-0.25, -0.2) is 0 Å². The number of rotatable bonds is 6. The van der Waals surface area contributed by atoms with E-state index in [1.807, 2.05) is 0 Å². The number of hydrogen-bond donors (Lipinski definition) is 2. The zero-order valence-corrected chi connectivity index (χ0v) is 15.9. The molecule has 2 aromatic carbocycles. The van der Waals surface area contributed by atoms with E-state index >= 15 is 0 Å². The molecule has 158 valence electrons. The van der Waals surface area contributed by atoms with Gasteiger partial charge in [0, 0.05) is 34.6 Å². The fourth-order valence-corrected chi connectivity index (χ4v) is 2.33. The second kappa shape index (κ2) is 9.40. The molecule has 0 aliphatic carbocycles. The number of hydrogen-bond acceptors (Lipinski definition) is 3. The summed E-state index contributed by atoms with van der Waals surface area (Å²) in [4.78, 5) is 0. The van der Waals surface area contributed by atoms with Gasteiger partial charge in [-0.05, 0) is 36.5 Å². The molecule has 0 saturated carbocycles. The van der Waals surface area contributed by atoms with Crippen LogP contribution in [-0.2, 0) is 0 Å². The number of alkyl halides is 6. The van der Waals surface area contributed by atoms with Crippen molar-refractivity contribution in [3.63, 3.8) is 0 Å². The lowest BCUT2D eigenvalue weighted by Gasteiger charge is -2.16. The fraction of sp³-hybridized carbons (Fsp3) is 0.235. The molecule has 2 N–H and O–H groups in total. The van der Waals surface area contributed by atoms with Crippen molar-refractivity contribution in [1.82, 2.24) is 0 Å². The highest BCUT2D eigenvalue weighted by atomic mass is 35.5. The molecule has 0 fully saturated rings. The Balaban J connectivity index is 2.14. The summed E-state index contributed by atoms with van der Waals surface area (Å²) < 4.78 is 83.4. The molecule has 0 aromatic heterocycles. The molecular formula is C17H13ClF6N2O2S. The summed E-state index contributed by atoms with van der Waals surface area (Å²) in [5, 5.41) is 5.96. The summed E-state index contributed by atoms with van der Waals surface area (Å²) in [5.74, 6) is -0.697. The molecule has 0 amide bonds. The van der Waals surface area contributed by atoms with Crippen molar-refractivity contribution in [2.75, 3.05) is 23.8 Å². The topological polar surface area (TPSA) is 42.5 Å². The predicted octanol–water partition coefficient (Wildman–Crippen LogP) is 6.03. The molecule has 0 unspecified atom stereocenters. The van der Waals surface area contributed by atoms with Gasteiger partial charge in [0.1, 0.15) is 11.5 Å². The van der Waals surface area contributed by atoms with Crippen LogP contribution in [0.5, 0.6) is 11.5 Å². The molecule has 0 heterocycles. The Kier molecular flexibility index (Phi) is 7.42. The van der Waals surface area contributed by atoms with Gasteiger partial charge in [-0.3, -0.25) is 0 Å². The van der Waals surface area contributed by atoms with Crippen LogP contribution >= 0.6 is 23.8 Å². The Morgan fingerprint density at radius 3 is 1.69 bits per heavy atom. The van der Waals surface area contributed by atoms with Crippen molar-refractivity contribution >= 4 is 40.3 Å². The average molecular weight is 459 g/mol. The summed E-state index contributed by atoms with van der Waals surface area (Å²) in [6, 6.07) is 9.64. The van der Waals surface area contributed by atoms with E-state index in [0.717, 1.165) is 18.2 Å². The molecule has 4 nitrogen and oxygen atoms in total. The van der Waals surface area contributed by atoms with Crippen LogP contribution in [-0.4, -0.2) is 30.7 Å². The van der Waals surface area contributed by atoms with Crippen LogP contribution in [0.2, 0.25) is 5.02 Å². The molecular weight excluding hydrogens is 446 g/mol. The molecule has 0 atom stereocenters. The van der Waals surface area contributed by atoms with Crippen molar-refractivity contribution in [1.29, 1.82) is 0 Å². The lowest BCUT2D eigenvalue weighted by molar-refractivity contribution is -0.153. The maximum atomic E-state index is 12.4. The molecule has 0 bridgehead atoms. The molecule has 29 heavy (non-hydrogen) atoms. The van der Waals surface area contributed by atoms with Gasteiger partial charge in [0.05, 0.1) is 0 Å². The SMILES string of the molecule is FC(F)(F)COc1cc(NC(=S)Nc2ccc(Cl)cc2)cc(OCC(F)(F)F)c1. The van der Waals surface area contributed by atoms with Crippen molar-refractivity contribution in [3.8, 4) is 11.5 Å². The van der Waals surface area contributed by atoms with E-state index in [2.05, 4.69) is 20.1 Å². The Morgan fingerprint density at radius 1 is 0.793 bits per heavy atom. The Morgan fingerprint density at radius 2 is 1.24 bits per heavy atom. The fourth-order valence-electron chi connectivity index (χ4n) is 1.97. The van der Waals surface area contributed by atoms with Gasteiger partial charge in [0.15, 0.2) is 18.3 Å². The first kappa shape index (κ1) is 22.9. The lowest BCUT2D eigenvalue weighted by atomic mass is 10.2. The summed E-state index contributed by atoms with van der Waals surface area (Å²) in [6.07, 6.45) is -9.25. The van der Waals surface area contributed by atoms with E-state index in [1.54, 1.807) is 24.3 Å². The van der Waals surface area contributed by atoms with E-state index in [0.29, 0.717) is 10.7 Å². The number of nitrogens with one attached hydrogen (secondary N) is 2. The van der Waals surface area contributed by atoms with E-state index in [4.69, 9.17) is 23.8 Å². The molecule has 0 spiro atoms. The first-order valence-corrected chi connectivity index (χ1v) is 8.56.